The Labute approximate surface area is 126 Å². The number of rotatable bonds is 8. The molecule has 0 aliphatic heterocycles. The Morgan fingerprint density at radius 2 is 2.05 bits per heavy atom. The lowest BCUT2D eigenvalue weighted by atomic mass is 10.1. The number of benzene rings is 1. The third-order valence-corrected chi connectivity index (χ3v) is 3.74. The van der Waals surface area contributed by atoms with Crippen molar-refractivity contribution in [3.63, 3.8) is 0 Å². The second-order valence-electron chi connectivity index (χ2n) is 5.55. The number of nitrogens with zero attached hydrogens (tertiary/aromatic N) is 1. The SMILES string of the molecule is CCCNCc1ccc(Br)cc1N(C)CCC(C)C. The van der Waals surface area contributed by atoms with Gasteiger partial charge in [0.1, 0.15) is 0 Å². The zero-order chi connectivity index (χ0) is 14.3. The van der Waals surface area contributed by atoms with E-state index in [1.54, 1.807) is 0 Å². The third-order valence-electron chi connectivity index (χ3n) is 3.24. The van der Waals surface area contributed by atoms with Crippen LogP contribution in [0.15, 0.2) is 22.7 Å². The van der Waals surface area contributed by atoms with E-state index in [0.717, 1.165) is 30.0 Å². The maximum Gasteiger partial charge on any atom is 0.0420 e. The van der Waals surface area contributed by atoms with Crippen LogP contribution in [0, 0.1) is 5.92 Å². The van der Waals surface area contributed by atoms with Crippen LogP contribution in [0.5, 0.6) is 0 Å². The predicted octanol–water partition coefficient (Wildman–Crippen LogP) is 4.43. The van der Waals surface area contributed by atoms with Crippen molar-refractivity contribution in [2.24, 2.45) is 5.92 Å². The van der Waals surface area contributed by atoms with Gasteiger partial charge in [0.05, 0.1) is 0 Å². The van der Waals surface area contributed by atoms with Crippen LogP contribution in [-0.4, -0.2) is 20.1 Å². The second kappa shape index (κ2) is 8.60. The quantitative estimate of drug-likeness (QED) is 0.711. The molecule has 0 spiro atoms. The summed E-state index contributed by atoms with van der Waals surface area (Å²) in [5.74, 6) is 0.747. The van der Waals surface area contributed by atoms with E-state index in [4.69, 9.17) is 0 Å². The normalized spacial score (nSPS) is 11.1. The summed E-state index contributed by atoms with van der Waals surface area (Å²) in [4.78, 5) is 2.37. The molecule has 19 heavy (non-hydrogen) atoms. The van der Waals surface area contributed by atoms with Gasteiger partial charge in [-0.3, -0.25) is 0 Å². The molecule has 0 radical (unpaired) electrons. The molecule has 0 aliphatic rings. The van der Waals surface area contributed by atoms with E-state index in [9.17, 15) is 0 Å². The zero-order valence-electron chi connectivity index (χ0n) is 12.7. The fourth-order valence-electron chi connectivity index (χ4n) is 2.01. The van der Waals surface area contributed by atoms with Crippen molar-refractivity contribution in [2.45, 2.75) is 40.2 Å². The van der Waals surface area contributed by atoms with Gasteiger partial charge in [0, 0.05) is 30.3 Å². The van der Waals surface area contributed by atoms with Crippen molar-refractivity contribution in [1.82, 2.24) is 5.32 Å². The third kappa shape index (κ3) is 5.96. The highest BCUT2D eigenvalue weighted by molar-refractivity contribution is 9.10. The van der Waals surface area contributed by atoms with Crippen molar-refractivity contribution in [2.75, 3.05) is 25.0 Å². The van der Waals surface area contributed by atoms with Crippen LogP contribution >= 0.6 is 15.9 Å². The van der Waals surface area contributed by atoms with Gasteiger partial charge in [0.2, 0.25) is 0 Å². The van der Waals surface area contributed by atoms with Gasteiger partial charge in [-0.05, 0) is 43.0 Å². The Kier molecular flexibility index (Phi) is 7.47. The molecule has 2 nitrogen and oxygen atoms in total. The zero-order valence-corrected chi connectivity index (χ0v) is 14.3. The highest BCUT2D eigenvalue weighted by Crippen LogP contribution is 2.25. The van der Waals surface area contributed by atoms with Gasteiger partial charge in [-0.25, -0.2) is 0 Å². The molecule has 0 aliphatic carbocycles. The van der Waals surface area contributed by atoms with E-state index in [1.807, 2.05) is 0 Å². The number of hydrogen-bond acceptors (Lipinski definition) is 2. The van der Waals surface area contributed by atoms with E-state index in [1.165, 1.54) is 24.1 Å². The van der Waals surface area contributed by atoms with Crippen LogP contribution in [0.25, 0.3) is 0 Å². The van der Waals surface area contributed by atoms with Crippen molar-refractivity contribution in [3.05, 3.63) is 28.2 Å². The Bertz CT molecular complexity index is 377. The lowest BCUT2D eigenvalue weighted by Gasteiger charge is -2.24. The van der Waals surface area contributed by atoms with Crippen LogP contribution in [0.2, 0.25) is 0 Å². The highest BCUT2D eigenvalue weighted by atomic mass is 79.9. The molecular formula is C16H27BrN2. The number of nitrogens with one attached hydrogen (secondary N) is 1. The van der Waals surface area contributed by atoms with Crippen molar-refractivity contribution >= 4 is 21.6 Å². The molecule has 1 N–H and O–H groups in total. The van der Waals surface area contributed by atoms with Crippen molar-refractivity contribution in [3.8, 4) is 0 Å². The van der Waals surface area contributed by atoms with E-state index in [2.05, 4.69) is 72.2 Å². The largest absolute Gasteiger partial charge is 0.374 e. The Morgan fingerprint density at radius 1 is 1.32 bits per heavy atom. The first kappa shape index (κ1) is 16.5. The minimum absolute atomic E-state index is 0.747. The smallest absolute Gasteiger partial charge is 0.0420 e. The summed E-state index contributed by atoms with van der Waals surface area (Å²) in [6, 6.07) is 6.57. The Hall–Kier alpha value is -0.540. The molecule has 108 valence electrons. The van der Waals surface area contributed by atoms with Gasteiger partial charge in [-0.1, -0.05) is 42.8 Å². The molecule has 0 amide bonds. The number of anilines is 1. The highest BCUT2D eigenvalue weighted by Gasteiger charge is 2.08. The Balaban J connectivity index is 2.74. The fourth-order valence-corrected chi connectivity index (χ4v) is 2.36. The molecule has 0 saturated carbocycles. The summed E-state index contributed by atoms with van der Waals surface area (Å²) in [7, 11) is 2.19. The summed E-state index contributed by atoms with van der Waals surface area (Å²) in [6.07, 6.45) is 2.40. The molecule has 0 fully saturated rings. The van der Waals surface area contributed by atoms with E-state index in [0.29, 0.717) is 0 Å². The molecule has 0 saturated heterocycles. The van der Waals surface area contributed by atoms with Gasteiger partial charge in [0.15, 0.2) is 0 Å². The molecule has 0 atom stereocenters. The second-order valence-corrected chi connectivity index (χ2v) is 6.47. The maximum atomic E-state index is 3.58. The molecule has 1 rings (SSSR count). The predicted molar refractivity (Wildman–Crippen MR) is 88.9 cm³/mol. The molecule has 1 aromatic carbocycles. The summed E-state index contributed by atoms with van der Waals surface area (Å²) >= 11 is 3.58. The van der Waals surface area contributed by atoms with E-state index in [-0.39, 0.29) is 0 Å². The van der Waals surface area contributed by atoms with Crippen LogP contribution in [-0.2, 0) is 6.54 Å². The molecule has 0 bridgehead atoms. The minimum Gasteiger partial charge on any atom is -0.374 e. The van der Waals surface area contributed by atoms with Gasteiger partial charge >= 0.3 is 0 Å². The average molecular weight is 327 g/mol. The number of hydrogen-bond donors (Lipinski definition) is 1. The van der Waals surface area contributed by atoms with Gasteiger partial charge in [-0.2, -0.15) is 0 Å². The molecule has 1 aromatic rings. The fraction of sp³-hybridized carbons (Fsp3) is 0.625. The average Bonchev–Trinajstić information content (AvgIpc) is 2.37. The first-order valence-corrected chi connectivity index (χ1v) is 8.04. The first-order valence-electron chi connectivity index (χ1n) is 7.24. The molecule has 0 aromatic heterocycles. The lowest BCUT2D eigenvalue weighted by Crippen LogP contribution is -2.23. The molecular weight excluding hydrogens is 300 g/mol. The maximum absolute atomic E-state index is 3.58. The summed E-state index contributed by atoms with van der Waals surface area (Å²) in [6.45, 7) is 9.88. The van der Waals surface area contributed by atoms with E-state index >= 15 is 0 Å². The summed E-state index contributed by atoms with van der Waals surface area (Å²) in [5, 5.41) is 3.49. The summed E-state index contributed by atoms with van der Waals surface area (Å²) < 4.78 is 1.15. The monoisotopic (exact) mass is 326 g/mol. The standard InChI is InChI=1S/C16H27BrN2/c1-5-9-18-12-14-6-7-15(17)11-16(14)19(4)10-8-13(2)3/h6-7,11,13,18H,5,8-10,12H2,1-4H3. The lowest BCUT2D eigenvalue weighted by molar-refractivity contribution is 0.584. The number of halogens is 1. The van der Waals surface area contributed by atoms with Crippen LogP contribution < -0.4 is 10.2 Å². The van der Waals surface area contributed by atoms with Crippen LogP contribution in [0.4, 0.5) is 5.69 Å². The first-order chi connectivity index (χ1) is 9.04. The van der Waals surface area contributed by atoms with Crippen LogP contribution in [0.1, 0.15) is 39.2 Å². The topological polar surface area (TPSA) is 15.3 Å². The molecule has 3 heteroatoms. The van der Waals surface area contributed by atoms with Gasteiger partial charge in [-0.15, -0.1) is 0 Å². The minimum atomic E-state index is 0.747. The van der Waals surface area contributed by atoms with Gasteiger partial charge in [0.25, 0.3) is 0 Å². The van der Waals surface area contributed by atoms with Gasteiger partial charge < -0.3 is 10.2 Å². The molecule has 0 unspecified atom stereocenters. The van der Waals surface area contributed by atoms with Crippen LogP contribution in [0.3, 0.4) is 0 Å². The Morgan fingerprint density at radius 3 is 2.68 bits per heavy atom. The van der Waals surface area contributed by atoms with Crippen molar-refractivity contribution < 1.29 is 0 Å². The van der Waals surface area contributed by atoms with Crippen molar-refractivity contribution in [1.29, 1.82) is 0 Å². The van der Waals surface area contributed by atoms with E-state index < -0.39 is 0 Å². The summed E-state index contributed by atoms with van der Waals surface area (Å²) in [5.41, 5.74) is 2.71. The molecule has 0 heterocycles.